The zero-order valence-electron chi connectivity index (χ0n) is 22.0. The van der Waals surface area contributed by atoms with Crippen LogP contribution in [-0.4, -0.2) is 16.0 Å². The summed E-state index contributed by atoms with van der Waals surface area (Å²) in [7, 11) is 0. The second-order valence-electron chi connectivity index (χ2n) is 9.16. The number of thiocarbonyl (C=S) groups is 1. The Bertz CT molecular complexity index is 1600. The fourth-order valence-electron chi connectivity index (χ4n) is 4.10. The summed E-state index contributed by atoms with van der Waals surface area (Å²) in [6.45, 7) is 4.07. The van der Waals surface area contributed by atoms with Gasteiger partial charge in [-0.1, -0.05) is 84.4 Å². The van der Waals surface area contributed by atoms with Crippen molar-refractivity contribution in [1.29, 1.82) is 0 Å². The van der Waals surface area contributed by atoms with Crippen LogP contribution in [0.25, 0.3) is 11.3 Å². The smallest absolute Gasteiger partial charge is 0.244 e. The van der Waals surface area contributed by atoms with Crippen molar-refractivity contribution in [3.63, 3.8) is 0 Å². The Kier molecular flexibility index (Phi) is 8.91. The topological polar surface area (TPSA) is 66.0 Å². The predicted octanol–water partition coefficient (Wildman–Crippen LogP) is 8.71. The highest BCUT2D eigenvalue weighted by Crippen LogP contribution is 2.38. The summed E-state index contributed by atoms with van der Waals surface area (Å²) < 4.78 is 0. The number of hydrogen-bond donors (Lipinski definition) is 3. The molecule has 1 atom stereocenters. The highest BCUT2D eigenvalue weighted by atomic mass is 32.2. The van der Waals surface area contributed by atoms with Gasteiger partial charge in [0.2, 0.25) is 5.91 Å². The molecule has 1 unspecified atom stereocenters. The number of rotatable bonds is 8. The molecule has 40 heavy (non-hydrogen) atoms. The average Bonchev–Trinajstić information content (AvgIpc) is 3.33. The van der Waals surface area contributed by atoms with Gasteiger partial charge in [-0.3, -0.25) is 4.79 Å². The van der Waals surface area contributed by atoms with E-state index in [0.29, 0.717) is 10.2 Å². The van der Waals surface area contributed by atoms with Crippen molar-refractivity contribution >= 4 is 62.8 Å². The molecule has 0 saturated carbocycles. The first kappa shape index (κ1) is 27.6. The van der Waals surface area contributed by atoms with E-state index in [2.05, 4.69) is 16.0 Å². The zero-order valence-corrected chi connectivity index (χ0v) is 24.5. The highest BCUT2D eigenvalue weighted by Gasteiger charge is 2.24. The van der Waals surface area contributed by atoms with Crippen LogP contribution < -0.4 is 16.0 Å². The van der Waals surface area contributed by atoms with Crippen LogP contribution in [0.15, 0.2) is 114 Å². The molecule has 0 spiro atoms. The van der Waals surface area contributed by atoms with Gasteiger partial charge in [0.15, 0.2) is 10.2 Å². The number of anilines is 3. The molecule has 200 valence electrons. The van der Waals surface area contributed by atoms with Crippen molar-refractivity contribution in [1.82, 2.24) is 4.98 Å². The summed E-state index contributed by atoms with van der Waals surface area (Å²) in [4.78, 5) is 20.4. The molecule has 0 aliphatic rings. The Labute approximate surface area is 248 Å². The summed E-state index contributed by atoms with van der Waals surface area (Å²) >= 11 is 8.49. The molecule has 5 aromatic rings. The van der Waals surface area contributed by atoms with E-state index in [4.69, 9.17) is 17.2 Å². The van der Waals surface area contributed by atoms with Gasteiger partial charge < -0.3 is 16.0 Å². The molecule has 1 aromatic heterocycles. The lowest BCUT2D eigenvalue weighted by molar-refractivity contribution is -0.115. The van der Waals surface area contributed by atoms with Crippen LogP contribution in [0.5, 0.6) is 0 Å². The minimum absolute atomic E-state index is 0.125. The first-order valence-electron chi connectivity index (χ1n) is 12.7. The third kappa shape index (κ3) is 7.15. The van der Waals surface area contributed by atoms with Gasteiger partial charge in [0, 0.05) is 26.7 Å². The van der Waals surface area contributed by atoms with Crippen molar-refractivity contribution in [2.75, 3.05) is 16.0 Å². The van der Waals surface area contributed by atoms with Gasteiger partial charge in [-0.25, -0.2) is 4.98 Å². The lowest BCUT2D eigenvalue weighted by Gasteiger charge is -2.17. The molecule has 0 saturated heterocycles. The molecule has 0 fully saturated rings. The highest BCUT2D eigenvalue weighted by molar-refractivity contribution is 8.00. The maximum absolute atomic E-state index is 13.7. The van der Waals surface area contributed by atoms with E-state index in [1.807, 2.05) is 123 Å². The normalized spacial score (nSPS) is 11.4. The SMILES string of the molecule is Cc1ccc(NC(=S)Nc2cccc(SC(C(=O)Nc3nc(-c4ccccc4)c(C)s3)c3ccccc3)c2)cc1. The summed E-state index contributed by atoms with van der Waals surface area (Å²) in [5.41, 5.74) is 5.78. The van der Waals surface area contributed by atoms with E-state index in [1.54, 1.807) is 0 Å². The predicted molar refractivity (Wildman–Crippen MR) is 173 cm³/mol. The zero-order chi connectivity index (χ0) is 27.9. The summed E-state index contributed by atoms with van der Waals surface area (Å²) in [6.07, 6.45) is 0. The fourth-order valence-corrected chi connectivity index (χ4v) is 6.26. The summed E-state index contributed by atoms with van der Waals surface area (Å²) in [6, 6.07) is 35.8. The Morgan fingerprint density at radius 2 is 1.48 bits per heavy atom. The third-order valence-electron chi connectivity index (χ3n) is 6.07. The van der Waals surface area contributed by atoms with Crippen LogP contribution in [0, 0.1) is 13.8 Å². The van der Waals surface area contributed by atoms with E-state index in [-0.39, 0.29) is 5.91 Å². The van der Waals surface area contributed by atoms with Crippen LogP contribution in [0.2, 0.25) is 0 Å². The number of nitrogens with one attached hydrogen (secondary N) is 3. The van der Waals surface area contributed by atoms with Crippen LogP contribution >= 0.6 is 35.3 Å². The first-order valence-corrected chi connectivity index (χ1v) is 14.8. The number of hydrogen-bond acceptors (Lipinski definition) is 5. The lowest BCUT2D eigenvalue weighted by atomic mass is 10.1. The van der Waals surface area contributed by atoms with E-state index in [9.17, 15) is 4.79 Å². The fraction of sp³-hybridized carbons (Fsp3) is 0.0938. The number of aryl methyl sites for hydroxylation is 2. The average molecular weight is 581 g/mol. The number of thioether (sulfide) groups is 1. The monoisotopic (exact) mass is 580 g/mol. The molecule has 0 bridgehead atoms. The Morgan fingerprint density at radius 3 is 2.20 bits per heavy atom. The number of carbonyl (C=O) groups is 1. The maximum atomic E-state index is 13.7. The quantitative estimate of drug-likeness (QED) is 0.126. The van der Waals surface area contributed by atoms with Gasteiger partial charge in [-0.2, -0.15) is 0 Å². The summed E-state index contributed by atoms with van der Waals surface area (Å²) in [5.74, 6) is -0.125. The minimum atomic E-state index is -0.474. The Morgan fingerprint density at radius 1 is 0.800 bits per heavy atom. The molecule has 8 heteroatoms. The van der Waals surface area contributed by atoms with Crippen LogP contribution in [0.1, 0.15) is 21.3 Å². The van der Waals surface area contributed by atoms with Crippen LogP contribution in [0.3, 0.4) is 0 Å². The molecule has 4 aromatic carbocycles. The number of nitrogens with zero attached hydrogens (tertiary/aromatic N) is 1. The number of amides is 1. The minimum Gasteiger partial charge on any atom is -0.332 e. The number of benzene rings is 4. The summed E-state index contributed by atoms with van der Waals surface area (Å²) in [5, 5.41) is 10.1. The van der Waals surface area contributed by atoms with Crippen LogP contribution in [0.4, 0.5) is 16.5 Å². The molecule has 0 aliphatic heterocycles. The van der Waals surface area contributed by atoms with Gasteiger partial charge in [0.05, 0.1) is 5.69 Å². The van der Waals surface area contributed by atoms with E-state index < -0.39 is 5.25 Å². The van der Waals surface area contributed by atoms with Crippen molar-refractivity contribution in [2.45, 2.75) is 24.0 Å². The van der Waals surface area contributed by atoms with Gasteiger partial charge in [0.25, 0.3) is 0 Å². The second kappa shape index (κ2) is 12.9. The molecule has 5 rings (SSSR count). The van der Waals surface area contributed by atoms with Gasteiger partial charge >= 0.3 is 0 Å². The van der Waals surface area contributed by atoms with Gasteiger partial charge in [-0.15, -0.1) is 23.1 Å². The maximum Gasteiger partial charge on any atom is 0.244 e. The molecule has 0 radical (unpaired) electrons. The molecule has 0 aliphatic carbocycles. The lowest BCUT2D eigenvalue weighted by Crippen LogP contribution is -2.19. The Hall–Kier alpha value is -3.98. The van der Waals surface area contributed by atoms with Crippen molar-refractivity contribution in [2.24, 2.45) is 0 Å². The molecule has 3 N–H and O–H groups in total. The van der Waals surface area contributed by atoms with Gasteiger partial charge in [-0.05, 0) is 62.0 Å². The molecular weight excluding hydrogens is 553 g/mol. The number of thiazole rings is 1. The Balaban J connectivity index is 1.32. The standard InChI is InChI=1S/C32H28N4OS3/c1-21-16-18-25(19-17-21)33-31(38)34-26-14-9-15-27(20-26)40-29(24-12-7-4-8-13-24)30(37)36-32-35-28(22(2)39-32)23-10-5-3-6-11-23/h3-20,29H,1-2H3,(H2,33,34,38)(H,35,36,37). The molecule has 1 amide bonds. The van der Waals surface area contributed by atoms with E-state index in [0.717, 1.165) is 38.0 Å². The molecule has 5 nitrogen and oxygen atoms in total. The molecular formula is C32H28N4OS3. The van der Waals surface area contributed by atoms with Gasteiger partial charge in [0.1, 0.15) is 5.25 Å². The van der Waals surface area contributed by atoms with E-state index >= 15 is 0 Å². The first-order chi connectivity index (χ1) is 19.4. The molecule has 1 heterocycles. The second-order valence-corrected chi connectivity index (χ2v) is 12.0. The van der Waals surface area contributed by atoms with Crippen molar-refractivity contribution in [3.8, 4) is 11.3 Å². The van der Waals surface area contributed by atoms with Crippen molar-refractivity contribution < 1.29 is 4.79 Å². The number of carbonyl (C=O) groups excluding carboxylic acids is 1. The number of aromatic nitrogens is 1. The van der Waals surface area contributed by atoms with E-state index in [1.165, 1.54) is 28.7 Å². The third-order valence-corrected chi connectivity index (χ3v) is 8.41. The van der Waals surface area contributed by atoms with Crippen LogP contribution in [-0.2, 0) is 4.79 Å². The van der Waals surface area contributed by atoms with Crippen molar-refractivity contribution in [3.05, 3.63) is 125 Å². The largest absolute Gasteiger partial charge is 0.332 e.